The quantitative estimate of drug-likeness (QED) is 0.896. The summed E-state index contributed by atoms with van der Waals surface area (Å²) in [4.78, 5) is 11.9. The van der Waals surface area contributed by atoms with Gasteiger partial charge in [0.25, 0.3) is 5.91 Å². The molecule has 2 rings (SSSR count). The van der Waals surface area contributed by atoms with Gasteiger partial charge in [-0.05, 0) is 52.4 Å². The number of halogens is 2. The minimum atomic E-state index is -0.0486. The van der Waals surface area contributed by atoms with E-state index in [9.17, 15) is 4.79 Å². The number of carbonyl (C=O) groups is 1. The highest BCUT2D eigenvalue weighted by Gasteiger charge is 2.31. The Labute approximate surface area is 115 Å². The molecule has 2 nitrogen and oxygen atoms in total. The third kappa shape index (κ3) is 3.02. The number of hydrogen-bond donors (Lipinski definition) is 1. The van der Waals surface area contributed by atoms with Crippen molar-refractivity contribution in [3.8, 4) is 0 Å². The molecular weight excluding hydrogens is 302 g/mol. The summed E-state index contributed by atoms with van der Waals surface area (Å²) < 4.78 is 0.807. The molecule has 0 spiro atoms. The Morgan fingerprint density at radius 2 is 2.24 bits per heavy atom. The molecule has 17 heavy (non-hydrogen) atoms. The van der Waals surface area contributed by atoms with Gasteiger partial charge in [-0.2, -0.15) is 0 Å². The lowest BCUT2D eigenvalue weighted by molar-refractivity contribution is 0.0891. The van der Waals surface area contributed by atoms with E-state index in [4.69, 9.17) is 11.6 Å². The first kappa shape index (κ1) is 12.9. The topological polar surface area (TPSA) is 29.1 Å². The van der Waals surface area contributed by atoms with E-state index in [2.05, 4.69) is 28.2 Å². The van der Waals surface area contributed by atoms with Gasteiger partial charge in [0.15, 0.2) is 0 Å². The fourth-order valence-corrected chi connectivity index (χ4v) is 2.42. The van der Waals surface area contributed by atoms with Gasteiger partial charge in [-0.1, -0.05) is 24.9 Å². The average Bonchev–Trinajstić information content (AvgIpc) is 2.27. The molecule has 0 aromatic heterocycles. The Bertz CT molecular complexity index is 443. The highest BCUT2D eigenvalue weighted by molar-refractivity contribution is 9.10. The van der Waals surface area contributed by atoms with E-state index in [1.807, 2.05) is 0 Å². The Kier molecular flexibility index (Phi) is 3.79. The molecule has 0 bridgehead atoms. The molecule has 0 atom stereocenters. The molecule has 1 aliphatic carbocycles. The van der Waals surface area contributed by atoms with Gasteiger partial charge >= 0.3 is 0 Å². The van der Waals surface area contributed by atoms with Gasteiger partial charge in [0, 0.05) is 16.6 Å². The fraction of sp³-hybridized carbons (Fsp3) is 0.462. The summed E-state index contributed by atoms with van der Waals surface area (Å²) in [5, 5.41) is 3.54. The third-order valence-electron chi connectivity index (χ3n) is 3.42. The molecular formula is C13H15BrClNO. The van der Waals surface area contributed by atoms with Crippen LogP contribution in [0.5, 0.6) is 0 Å². The van der Waals surface area contributed by atoms with Crippen LogP contribution in [-0.4, -0.2) is 12.5 Å². The van der Waals surface area contributed by atoms with E-state index in [1.165, 1.54) is 19.3 Å². The van der Waals surface area contributed by atoms with Crippen LogP contribution >= 0.6 is 27.5 Å². The first-order valence-corrected chi connectivity index (χ1v) is 6.91. The van der Waals surface area contributed by atoms with Crippen molar-refractivity contribution in [2.45, 2.75) is 26.2 Å². The summed E-state index contributed by atoms with van der Waals surface area (Å²) in [5.74, 6) is -0.0486. The van der Waals surface area contributed by atoms with Gasteiger partial charge in [-0.15, -0.1) is 0 Å². The van der Waals surface area contributed by atoms with E-state index in [0.29, 0.717) is 16.0 Å². The lowest BCUT2D eigenvalue weighted by Gasteiger charge is -2.38. The highest BCUT2D eigenvalue weighted by Crippen LogP contribution is 2.39. The molecule has 0 radical (unpaired) electrons. The Hall–Kier alpha value is -0.540. The first-order valence-electron chi connectivity index (χ1n) is 5.73. The van der Waals surface area contributed by atoms with Gasteiger partial charge in [0.05, 0.1) is 5.02 Å². The molecule has 1 aromatic carbocycles. The lowest BCUT2D eigenvalue weighted by Crippen LogP contribution is -2.39. The van der Waals surface area contributed by atoms with Gasteiger partial charge in [-0.3, -0.25) is 4.79 Å². The first-order chi connectivity index (χ1) is 8.00. The van der Waals surface area contributed by atoms with E-state index in [1.54, 1.807) is 18.2 Å². The summed E-state index contributed by atoms with van der Waals surface area (Å²) in [6.45, 7) is 2.96. The number of nitrogens with one attached hydrogen (secondary N) is 1. The molecule has 1 N–H and O–H groups in total. The maximum atomic E-state index is 11.9. The molecule has 1 aromatic rings. The van der Waals surface area contributed by atoms with Crippen LogP contribution in [0.1, 0.15) is 36.5 Å². The number of hydrogen-bond acceptors (Lipinski definition) is 1. The van der Waals surface area contributed by atoms with E-state index < -0.39 is 0 Å². The zero-order chi connectivity index (χ0) is 12.5. The summed E-state index contributed by atoms with van der Waals surface area (Å²) >= 11 is 9.27. The van der Waals surface area contributed by atoms with Gasteiger partial charge in [0.2, 0.25) is 0 Å². The van der Waals surface area contributed by atoms with Crippen LogP contribution in [-0.2, 0) is 0 Å². The van der Waals surface area contributed by atoms with Crippen LogP contribution < -0.4 is 5.32 Å². The van der Waals surface area contributed by atoms with Gasteiger partial charge in [0.1, 0.15) is 0 Å². The van der Waals surface area contributed by atoms with Crippen molar-refractivity contribution >= 4 is 33.4 Å². The van der Waals surface area contributed by atoms with Crippen LogP contribution in [0.25, 0.3) is 0 Å². The molecule has 0 unspecified atom stereocenters. The largest absolute Gasteiger partial charge is 0.351 e. The smallest absolute Gasteiger partial charge is 0.251 e. The zero-order valence-electron chi connectivity index (χ0n) is 9.72. The van der Waals surface area contributed by atoms with E-state index in [-0.39, 0.29) is 5.91 Å². The maximum absolute atomic E-state index is 11.9. The normalized spacial score (nSPS) is 17.4. The molecule has 1 fully saturated rings. The Morgan fingerprint density at radius 3 is 2.76 bits per heavy atom. The molecule has 1 aliphatic rings. The number of carbonyl (C=O) groups excluding carboxylic acids is 1. The third-order valence-corrected chi connectivity index (χ3v) is 4.65. The van der Waals surface area contributed by atoms with E-state index >= 15 is 0 Å². The van der Waals surface area contributed by atoms with Gasteiger partial charge < -0.3 is 5.32 Å². The minimum absolute atomic E-state index is 0.0486. The van der Waals surface area contributed by atoms with Gasteiger partial charge in [-0.25, -0.2) is 0 Å². The molecule has 92 valence electrons. The van der Waals surface area contributed by atoms with Crippen molar-refractivity contribution in [2.24, 2.45) is 5.41 Å². The molecule has 0 aliphatic heterocycles. The number of rotatable bonds is 3. The standard InChI is InChI=1S/C13H15BrClNO/c1-13(5-2-6-13)8-16-12(17)9-3-4-10(14)11(15)7-9/h3-4,7H,2,5-6,8H2,1H3,(H,16,17). The second-order valence-corrected chi connectivity index (χ2v) is 6.24. The predicted molar refractivity (Wildman–Crippen MR) is 73.4 cm³/mol. The van der Waals surface area contributed by atoms with Crippen LogP contribution in [0.2, 0.25) is 5.02 Å². The van der Waals surface area contributed by atoms with E-state index in [0.717, 1.165) is 11.0 Å². The van der Waals surface area contributed by atoms with Crippen LogP contribution in [0.4, 0.5) is 0 Å². The Morgan fingerprint density at radius 1 is 1.53 bits per heavy atom. The summed E-state index contributed by atoms with van der Waals surface area (Å²) in [6.07, 6.45) is 3.68. The van der Waals surface area contributed by atoms with Crippen molar-refractivity contribution in [1.29, 1.82) is 0 Å². The van der Waals surface area contributed by atoms with Crippen molar-refractivity contribution in [3.63, 3.8) is 0 Å². The van der Waals surface area contributed by atoms with Crippen molar-refractivity contribution in [3.05, 3.63) is 33.3 Å². The summed E-state index contributed by atoms with van der Waals surface area (Å²) in [6, 6.07) is 5.25. The van der Waals surface area contributed by atoms with Crippen LogP contribution in [0.15, 0.2) is 22.7 Å². The molecule has 0 heterocycles. The highest BCUT2D eigenvalue weighted by atomic mass is 79.9. The zero-order valence-corrected chi connectivity index (χ0v) is 12.1. The second kappa shape index (κ2) is 4.99. The summed E-state index contributed by atoms with van der Waals surface area (Å²) in [7, 11) is 0. The number of amides is 1. The molecule has 1 saturated carbocycles. The molecule has 0 saturated heterocycles. The monoisotopic (exact) mass is 315 g/mol. The fourth-order valence-electron chi connectivity index (χ4n) is 1.99. The van der Waals surface area contributed by atoms with Crippen molar-refractivity contribution < 1.29 is 4.79 Å². The van der Waals surface area contributed by atoms with Crippen LogP contribution in [0.3, 0.4) is 0 Å². The minimum Gasteiger partial charge on any atom is -0.351 e. The number of benzene rings is 1. The maximum Gasteiger partial charge on any atom is 0.251 e. The average molecular weight is 317 g/mol. The second-order valence-electron chi connectivity index (χ2n) is 4.98. The van der Waals surface area contributed by atoms with Crippen molar-refractivity contribution in [1.82, 2.24) is 5.32 Å². The van der Waals surface area contributed by atoms with Crippen molar-refractivity contribution in [2.75, 3.05) is 6.54 Å². The molecule has 4 heteroatoms. The predicted octanol–water partition coefficient (Wildman–Crippen LogP) is 4.02. The van der Waals surface area contributed by atoms with Crippen LogP contribution in [0, 0.1) is 5.41 Å². The lowest BCUT2D eigenvalue weighted by atomic mass is 9.70. The SMILES string of the molecule is CC1(CNC(=O)c2ccc(Br)c(Cl)c2)CCC1. The molecule has 1 amide bonds. The Balaban J connectivity index is 1.97. The summed E-state index contributed by atoms with van der Waals surface area (Å²) in [5.41, 5.74) is 0.913.